The maximum absolute atomic E-state index is 13.0. The minimum Gasteiger partial charge on any atom is -0.465 e. The van der Waals surface area contributed by atoms with E-state index in [2.05, 4.69) is 25.6 Å². The molecular weight excluding hydrogens is 555 g/mol. The average molecular weight is 580 g/mol. The lowest BCUT2D eigenvalue weighted by atomic mass is 9.92. The number of hydrogen-bond donors (Lipinski definition) is 3. The van der Waals surface area contributed by atoms with Gasteiger partial charge in [-0.15, -0.1) is 0 Å². The lowest BCUT2D eigenvalue weighted by Gasteiger charge is -2.34. The van der Waals surface area contributed by atoms with Crippen molar-refractivity contribution in [1.82, 2.24) is 24.3 Å². The van der Waals surface area contributed by atoms with Gasteiger partial charge in [0.1, 0.15) is 17.2 Å². The topological polar surface area (TPSA) is 142 Å². The number of imidazole rings is 1. The summed E-state index contributed by atoms with van der Waals surface area (Å²) in [5.41, 5.74) is 0.628. The van der Waals surface area contributed by atoms with Crippen molar-refractivity contribution in [2.75, 3.05) is 17.2 Å². The normalized spacial score (nSPS) is 18.6. The van der Waals surface area contributed by atoms with Crippen LogP contribution in [0.4, 0.5) is 29.6 Å². The lowest BCUT2D eigenvalue weighted by Crippen LogP contribution is -2.41. The SMILES string of the molecule is O=C(O)Nc1nc(-c2ccc(C(=O)Nc3cc(C(F)(F)F)ccn3)cc2)cn2c([C@@H]3CC[C@H]4CCC(=O)N4C3)ncc12. The van der Waals surface area contributed by atoms with Crippen LogP contribution in [-0.2, 0) is 11.0 Å². The highest BCUT2D eigenvalue weighted by Gasteiger charge is 2.38. The largest absolute Gasteiger partial charge is 0.465 e. The maximum atomic E-state index is 13.0. The molecule has 0 spiro atoms. The minimum absolute atomic E-state index is 0.0470. The monoisotopic (exact) mass is 579 g/mol. The molecular formula is C28H24F3N7O4. The number of nitrogens with zero attached hydrogens (tertiary/aromatic N) is 5. The second kappa shape index (κ2) is 10.4. The average Bonchev–Trinajstić information content (AvgIpc) is 3.56. The highest BCUT2D eigenvalue weighted by atomic mass is 19.4. The number of piperidine rings is 1. The molecule has 2 aliphatic heterocycles. The van der Waals surface area contributed by atoms with Crippen molar-refractivity contribution < 1.29 is 32.7 Å². The van der Waals surface area contributed by atoms with Crippen LogP contribution in [0.1, 0.15) is 53.3 Å². The van der Waals surface area contributed by atoms with Crippen molar-refractivity contribution in [2.24, 2.45) is 0 Å². The van der Waals surface area contributed by atoms with Gasteiger partial charge in [0.2, 0.25) is 5.91 Å². The van der Waals surface area contributed by atoms with E-state index in [-0.39, 0.29) is 35.1 Å². The van der Waals surface area contributed by atoms with Gasteiger partial charge >= 0.3 is 12.3 Å². The fraction of sp³-hybridized carbons (Fsp3) is 0.286. The van der Waals surface area contributed by atoms with Crippen LogP contribution in [0.5, 0.6) is 0 Å². The van der Waals surface area contributed by atoms with Crippen LogP contribution in [0.25, 0.3) is 16.8 Å². The third kappa shape index (κ3) is 5.22. The molecule has 0 aliphatic carbocycles. The smallest absolute Gasteiger partial charge is 0.416 e. The van der Waals surface area contributed by atoms with Crippen LogP contribution in [0, 0.1) is 0 Å². The van der Waals surface area contributed by atoms with Crippen molar-refractivity contribution in [2.45, 2.75) is 43.8 Å². The van der Waals surface area contributed by atoms with Crippen molar-refractivity contribution in [3.63, 3.8) is 0 Å². The van der Waals surface area contributed by atoms with Gasteiger partial charge in [-0.3, -0.25) is 19.3 Å². The Morgan fingerprint density at radius 1 is 1.02 bits per heavy atom. The fourth-order valence-corrected chi connectivity index (χ4v) is 5.58. The number of fused-ring (bicyclic) bond motifs is 2. The van der Waals surface area contributed by atoms with E-state index in [0.717, 1.165) is 37.6 Å². The summed E-state index contributed by atoms with van der Waals surface area (Å²) in [5, 5.41) is 14.1. The standard InChI is InChI=1S/C28H24F3N7O4/c29-28(30,31)18-9-10-32-22(11-18)35-26(40)16-3-1-15(2-4-16)20-14-38-21(24(34-20)36-27(41)42)12-33-25(38)17-5-6-19-7-8-23(39)37(19)13-17/h1-4,9-12,14,17,19H,5-8,13H2,(H,34,36)(H,41,42)(H,32,35,40)/t17-,19+/m1/s1. The molecule has 3 N–H and O–H groups in total. The van der Waals surface area contributed by atoms with E-state index in [1.807, 2.05) is 4.90 Å². The van der Waals surface area contributed by atoms with E-state index in [0.29, 0.717) is 35.6 Å². The van der Waals surface area contributed by atoms with Crippen molar-refractivity contribution in [3.05, 3.63) is 71.9 Å². The van der Waals surface area contributed by atoms with Crippen LogP contribution < -0.4 is 10.6 Å². The Hall–Kier alpha value is -5.01. The number of amides is 3. The number of carboxylic acid groups (broad SMARTS) is 1. The summed E-state index contributed by atoms with van der Waals surface area (Å²) in [4.78, 5) is 51.4. The Morgan fingerprint density at radius 3 is 2.55 bits per heavy atom. The highest BCUT2D eigenvalue weighted by molar-refractivity contribution is 6.04. The first-order valence-corrected chi connectivity index (χ1v) is 13.2. The Kier molecular flexibility index (Phi) is 6.75. The number of halogens is 3. The number of carbonyl (C=O) groups excluding carboxylic acids is 2. The van der Waals surface area contributed by atoms with Crippen molar-refractivity contribution >= 4 is 35.1 Å². The van der Waals surface area contributed by atoms with Crippen molar-refractivity contribution in [1.29, 1.82) is 0 Å². The molecule has 42 heavy (non-hydrogen) atoms. The number of benzene rings is 1. The molecule has 216 valence electrons. The van der Waals surface area contributed by atoms with Crippen LogP contribution in [0.2, 0.25) is 0 Å². The number of alkyl halides is 3. The Bertz CT molecular complexity index is 1700. The third-order valence-corrected chi connectivity index (χ3v) is 7.63. The molecule has 11 nitrogen and oxygen atoms in total. The zero-order valence-electron chi connectivity index (χ0n) is 21.9. The zero-order chi connectivity index (χ0) is 29.6. The number of pyridine rings is 1. The molecule has 5 heterocycles. The summed E-state index contributed by atoms with van der Waals surface area (Å²) in [6.07, 6.45) is 1.46. The number of hydrogen-bond acceptors (Lipinski definition) is 6. The number of anilines is 2. The number of carbonyl (C=O) groups is 3. The molecule has 2 saturated heterocycles. The highest BCUT2D eigenvalue weighted by Crippen LogP contribution is 2.36. The van der Waals surface area contributed by atoms with E-state index in [1.54, 1.807) is 28.9 Å². The van der Waals surface area contributed by atoms with Crippen LogP contribution in [0.3, 0.4) is 0 Å². The molecule has 0 radical (unpaired) electrons. The first-order valence-electron chi connectivity index (χ1n) is 13.2. The lowest BCUT2D eigenvalue weighted by molar-refractivity contribution is -0.137. The minimum atomic E-state index is -4.58. The Labute approximate surface area is 236 Å². The molecule has 2 atom stereocenters. The fourth-order valence-electron chi connectivity index (χ4n) is 5.58. The molecule has 0 unspecified atom stereocenters. The maximum Gasteiger partial charge on any atom is 0.416 e. The first kappa shape index (κ1) is 27.2. The van der Waals surface area contributed by atoms with Gasteiger partial charge in [-0.05, 0) is 43.5 Å². The van der Waals surface area contributed by atoms with E-state index in [9.17, 15) is 32.7 Å². The van der Waals surface area contributed by atoms with E-state index in [1.165, 1.54) is 12.1 Å². The molecule has 0 bridgehead atoms. The summed E-state index contributed by atoms with van der Waals surface area (Å²) in [6, 6.07) is 7.95. The van der Waals surface area contributed by atoms with Gasteiger partial charge in [-0.2, -0.15) is 13.2 Å². The quantitative estimate of drug-likeness (QED) is 0.301. The molecule has 0 saturated carbocycles. The van der Waals surface area contributed by atoms with E-state index < -0.39 is 23.7 Å². The molecule has 3 aromatic heterocycles. The summed E-state index contributed by atoms with van der Waals surface area (Å²) >= 11 is 0. The van der Waals surface area contributed by atoms with E-state index in [4.69, 9.17) is 0 Å². The van der Waals surface area contributed by atoms with Crippen LogP contribution in [-0.4, -0.2) is 59.9 Å². The molecule has 2 fully saturated rings. The summed E-state index contributed by atoms with van der Waals surface area (Å²) in [7, 11) is 0. The van der Waals surface area contributed by atoms with E-state index >= 15 is 0 Å². The second-order valence-corrected chi connectivity index (χ2v) is 10.2. The summed E-state index contributed by atoms with van der Waals surface area (Å²) in [5.74, 6) is -0.0583. The number of rotatable bonds is 5. The Balaban J connectivity index is 1.29. The Morgan fingerprint density at radius 2 is 1.81 bits per heavy atom. The third-order valence-electron chi connectivity index (χ3n) is 7.63. The van der Waals surface area contributed by atoms with Gasteiger partial charge in [-0.1, -0.05) is 12.1 Å². The van der Waals surface area contributed by atoms with Crippen LogP contribution in [0.15, 0.2) is 55.0 Å². The molecule has 1 aromatic carbocycles. The molecule has 2 aliphatic rings. The summed E-state index contributed by atoms with van der Waals surface area (Å²) in [6.45, 7) is 0.534. The number of nitrogens with one attached hydrogen (secondary N) is 2. The van der Waals surface area contributed by atoms with Crippen LogP contribution >= 0.6 is 0 Å². The molecule has 3 amide bonds. The zero-order valence-corrected chi connectivity index (χ0v) is 21.9. The molecule has 6 rings (SSSR count). The predicted molar refractivity (Wildman–Crippen MR) is 144 cm³/mol. The summed E-state index contributed by atoms with van der Waals surface area (Å²) < 4.78 is 40.8. The first-order chi connectivity index (χ1) is 20.1. The van der Waals surface area contributed by atoms with Gasteiger partial charge in [0.25, 0.3) is 5.91 Å². The van der Waals surface area contributed by atoms with Gasteiger partial charge in [-0.25, -0.2) is 19.7 Å². The predicted octanol–water partition coefficient (Wildman–Crippen LogP) is 5.02. The number of aromatic nitrogens is 4. The molecule has 4 aromatic rings. The second-order valence-electron chi connectivity index (χ2n) is 10.2. The van der Waals surface area contributed by atoms with Gasteiger partial charge < -0.3 is 15.3 Å². The van der Waals surface area contributed by atoms with Gasteiger partial charge in [0, 0.05) is 48.4 Å². The van der Waals surface area contributed by atoms with Gasteiger partial charge in [0.15, 0.2) is 5.82 Å². The van der Waals surface area contributed by atoms with Gasteiger partial charge in [0.05, 0.1) is 17.5 Å². The molecule has 14 heteroatoms. The van der Waals surface area contributed by atoms with Crippen molar-refractivity contribution in [3.8, 4) is 11.3 Å².